The number of aryl methyl sites for hydroxylation is 1. The average Bonchev–Trinajstić information content (AvgIpc) is 2.92. The molecule has 0 saturated carbocycles. The van der Waals surface area contributed by atoms with Crippen molar-refractivity contribution >= 4 is 15.9 Å². The highest BCUT2D eigenvalue weighted by atomic mass is 79.9. The fourth-order valence-electron chi connectivity index (χ4n) is 1.98. The Labute approximate surface area is 134 Å². The van der Waals surface area contributed by atoms with E-state index >= 15 is 0 Å². The van der Waals surface area contributed by atoms with Crippen LogP contribution in [-0.4, -0.2) is 15.8 Å². The summed E-state index contributed by atoms with van der Waals surface area (Å²) in [4.78, 5) is 0. The summed E-state index contributed by atoms with van der Waals surface area (Å²) in [5, 5.41) is 7.69. The van der Waals surface area contributed by atoms with Gasteiger partial charge in [-0.15, -0.1) is 0 Å². The number of nitrogens with zero attached hydrogens (tertiary/aromatic N) is 2. The van der Waals surface area contributed by atoms with E-state index in [0.29, 0.717) is 12.6 Å². The first-order valence-electron chi connectivity index (χ1n) is 7.25. The second-order valence-electron chi connectivity index (χ2n) is 5.26. The fraction of sp³-hybridized carbons (Fsp3) is 0.438. The van der Waals surface area contributed by atoms with E-state index in [2.05, 4.69) is 53.2 Å². The van der Waals surface area contributed by atoms with Crippen LogP contribution < -0.4 is 10.1 Å². The molecule has 1 heterocycles. The highest BCUT2D eigenvalue weighted by Gasteiger charge is 2.09. The number of halogens is 1. The number of aromatic nitrogens is 2. The van der Waals surface area contributed by atoms with Gasteiger partial charge in [0.15, 0.2) is 0 Å². The molecule has 0 atom stereocenters. The van der Waals surface area contributed by atoms with Crippen molar-refractivity contribution < 1.29 is 4.74 Å². The van der Waals surface area contributed by atoms with Gasteiger partial charge in [0.1, 0.15) is 12.4 Å². The number of rotatable bonds is 7. The minimum atomic E-state index is 0.444. The van der Waals surface area contributed by atoms with Gasteiger partial charge >= 0.3 is 0 Å². The summed E-state index contributed by atoms with van der Waals surface area (Å²) in [7, 11) is 0. The van der Waals surface area contributed by atoms with E-state index in [9.17, 15) is 0 Å². The Kier molecular flexibility index (Phi) is 5.82. The first kappa shape index (κ1) is 16.0. The molecular weight excluding hydrogens is 330 g/mol. The molecule has 0 radical (unpaired) electrons. The second-order valence-corrected chi connectivity index (χ2v) is 6.11. The topological polar surface area (TPSA) is 39.1 Å². The predicted molar refractivity (Wildman–Crippen MR) is 88.4 cm³/mol. The summed E-state index contributed by atoms with van der Waals surface area (Å²) in [6, 6.07) is 6.57. The number of benzene rings is 1. The van der Waals surface area contributed by atoms with Crippen molar-refractivity contribution in [2.24, 2.45) is 0 Å². The zero-order valence-corrected chi connectivity index (χ0v) is 14.4. The normalized spacial score (nSPS) is 11.1. The van der Waals surface area contributed by atoms with Crippen LogP contribution in [-0.2, 0) is 19.7 Å². The molecule has 0 aliphatic heterocycles. The molecule has 0 amide bonds. The van der Waals surface area contributed by atoms with Gasteiger partial charge in [-0.3, -0.25) is 4.68 Å². The van der Waals surface area contributed by atoms with Crippen molar-refractivity contribution in [3.05, 3.63) is 46.2 Å². The van der Waals surface area contributed by atoms with Crippen LogP contribution in [0.4, 0.5) is 0 Å². The summed E-state index contributed by atoms with van der Waals surface area (Å²) >= 11 is 3.57. The summed E-state index contributed by atoms with van der Waals surface area (Å²) < 4.78 is 8.89. The lowest BCUT2D eigenvalue weighted by Crippen LogP contribution is -2.22. The highest BCUT2D eigenvalue weighted by Crippen LogP contribution is 2.29. The highest BCUT2D eigenvalue weighted by molar-refractivity contribution is 9.10. The van der Waals surface area contributed by atoms with Crippen molar-refractivity contribution in [3.8, 4) is 5.75 Å². The van der Waals surface area contributed by atoms with E-state index in [-0.39, 0.29) is 0 Å². The molecule has 21 heavy (non-hydrogen) atoms. The van der Waals surface area contributed by atoms with Gasteiger partial charge in [-0.2, -0.15) is 5.10 Å². The molecule has 1 N–H and O–H groups in total. The van der Waals surface area contributed by atoms with Crippen molar-refractivity contribution in [1.29, 1.82) is 0 Å². The quantitative estimate of drug-likeness (QED) is 0.825. The minimum absolute atomic E-state index is 0.444. The van der Waals surface area contributed by atoms with Gasteiger partial charge in [-0.25, -0.2) is 0 Å². The number of hydrogen-bond acceptors (Lipinski definition) is 3. The molecule has 114 valence electrons. The lowest BCUT2D eigenvalue weighted by molar-refractivity contribution is 0.299. The Morgan fingerprint density at radius 2 is 2.19 bits per heavy atom. The molecule has 0 aliphatic carbocycles. The van der Waals surface area contributed by atoms with Gasteiger partial charge in [0.25, 0.3) is 0 Å². The van der Waals surface area contributed by atoms with Gasteiger partial charge < -0.3 is 10.1 Å². The first-order chi connectivity index (χ1) is 10.1. The van der Waals surface area contributed by atoms with Crippen molar-refractivity contribution in [1.82, 2.24) is 15.1 Å². The zero-order chi connectivity index (χ0) is 15.2. The maximum absolute atomic E-state index is 6.00. The van der Waals surface area contributed by atoms with Gasteiger partial charge in [0, 0.05) is 36.5 Å². The minimum Gasteiger partial charge on any atom is -0.487 e. The van der Waals surface area contributed by atoms with E-state index in [0.717, 1.165) is 34.4 Å². The lowest BCUT2D eigenvalue weighted by Gasteiger charge is -2.14. The van der Waals surface area contributed by atoms with Crippen molar-refractivity contribution in [2.75, 3.05) is 0 Å². The van der Waals surface area contributed by atoms with Crippen LogP contribution in [0.25, 0.3) is 0 Å². The van der Waals surface area contributed by atoms with E-state index in [4.69, 9.17) is 4.74 Å². The van der Waals surface area contributed by atoms with Gasteiger partial charge in [0.05, 0.1) is 10.7 Å². The Hall–Kier alpha value is -1.33. The third-order valence-electron chi connectivity index (χ3n) is 3.14. The van der Waals surface area contributed by atoms with Crippen LogP contribution in [0.1, 0.15) is 31.9 Å². The molecule has 0 fully saturated rings. The molecule has 4 nitrogen and oxygen atoms in total. The number of hydrogen-bond donors (Lipinski definition) is 1. The van der Waals surface area contributed by atoms with Gasteiger partial charge in [-0.05, 0) is 28.9 Å². The number of para-hydroxylation sites is 1. The summed E-state index contributed by atoms with van der Waals surface area (Å²) in [5.74, 6) is 0.898. The van der Waals surface area contributed by atoms with E-state index < -0.39 is 0 Å². The maximum Gasteiger partial charge on any atom is 0.138 e. The largest absolute Gasteiger partial charge is 0.487 e. The zero-order valence-electron chi connectivity index (χ0n) is 12.8. The first-order valence-corrected chi connectivity index (χ1v) is 8.04. The standard InChI is InChI=1S/C16H22BrN3O/c1-4-20-10-13(8-19-20)11-21-16-14(9-18-12(2)3)6-5-7-15(16)17/h5-8,10,12,18H,4,9,11H2,1-3H3. The van der Waals surface area contributed by atoms with Crippen LogP contribution in [0.2, 0.25) is 0 Å². The smallest absolute Gasteiger partial charge is 0.138 e. The predicted octanol–water partition coefficient (Wildman–Crippen LogP) is 3.74. The van der Waals surface area contributed by atoms with E-state index in [1.165, 1.54) is 0 Å². The average molecular weight is 352 g/mol. The SMILES string of the molecule is CCn1cc(COc2c(Br)cccc2CNC(C)C)cn1. The fourth-order valence-corrected chi connectivity index (χ4v) is 2.50. The summed E-state index contributed by atoms with van der Waals surface area (Å²) in [6.07, 6.45) is 3.87. The number of ether oxygens (including phenoxy) is 1. The van der Waals surface area contributed by atoms with Crippen molar-refractivity contribution in [3.63, 3.8) is 0 Å². The molecule has 0 unspecified atom stereocenters. The Morgan fingerprint density at radius 1 is 1.38 bits per heavy atom. The molecule has 0 saturated heterocycles. The second kappa shape index (κ2) is 7.61. The Bertz CT molecular complexity index is 581. The third kappa shape index (κ3) is 4.58. The summed E-state index contributed by atoms with van der Waals surface area (Å²) in [6.45, 7) is 8.53. The van der Waals surface area contributed by atoms with Crippen LogP contribution in [0.3, 0.4) is 0 Å². The van der Waals surface area contributed by atoms with Crippen LogP contribution in [0.15, 0.2) is 35.1 Å². The molecular formula is C16H22BrN3O. The lowest BCUT2D eigenvalue weighted by atomic mass is 10.2. The molecule has 0 spiro atoms. The van der Waals surface area contributed by atoms with Crippen LogP contribution >= 0.6 is 15.9 Å². The molecule has 1 aromatic heterocycles. The van der Waals surface area contributed by atoms with Gasteiger partial charge in [-0.1, -0.05) is 26.0 Å². The Balaban J connectivity index is 2.07. The van der Waals surface area contributed by atoms with E-state index in [1.54, 1.807) is 0 Å². The number of nitrogens with one attached hydrogen (secondary N) is 1. The maximum atomic E-state index is 6.00. The van der Waals surface area contributed by atoms with Crippen LogP contribution in [0.5, 0.6) is 5.75 Å². The molecule has 5 heteroatoms. The molecule has 0 aliphatic rings. The Morgan fingerprint density at radius 3 is 2.86 bits per heavy atom. The third-order valence-corrected chi connectivity index (χ3v) is 3.77. The van der Waals surface area contributed by atoms with Crippen molar-refractivity contribution in [2.45, 2.75) is 46.5 Å². The molecule has 2 rings (SSSR count). The van der Waals surface area contributed by atoms with E-state index in [1.807, 2.05) is 29.2 Å². The molecule has 0 bridgehead atoms. The molecule has 1 aromatic carbocycles. The van der Waals surface area contributed by atoms with Gasteiger partial charge in [0.2, 0.25) is 0 Å². The molecule has 2 aromatic rings. The van der Waals surface area contributed by atoms with Crippen LogP contribution in [0, 0.1) is 0 Å². The summed E-state index contributed by atoms with van der Waals surface area (Å²) in [5.41, 5.74) is 2.23. The monoisotopic (exact) mass is 351 g/mol.